The maximum absolute atomic E-state index is 11.9. The molecule has 6 heteroatoms. The zero-order valence-electron chi connectivity index (χ0n) is 11.3. The molecule has 1 saturated carbocycles. The summed E-state index contributed by atoms with van der Waals surface area (Å²) in [7, 11) is 0. The van der Waals surface area contributed by atoms with Gasteiger partial charge in [0.05, 0.1) is 11.9 Å². The quantitative estimate of drug-likeness (QED) is 0.886. The molecule has 1 aromatic rings. The second-order valence-electron chi connectivity index (χ2n) is 5.32. The van der Waals surface area contributed by atoms with Gasteiger partial charge in [-0.1, -0.05) is 0 Å². The molecule has 2 N–H and O–H groups in total. The van der Waals surface area contributed by atoms with Gasteiger partial charge in [-0.2, -0.15) is 0 Å². The number of aromatic nitrogens is 1. The van der Waals surface area contributed by atoms with Gasteiger partial charge in [-0.3, -0.25) is 4.79 Å². The Balaban J connectivity index is 1.55. The van der Waals surface area contributed by atoms with E-state index in [1.54, 1.807) is 23.2 Å². The molecule has 2 fully saturated rings. The monoisotopic (exact) mass is 274 g/mol. The highest BCUT2D eigenvalue weighted by Gasteiger charge is 2.29. The van der Waals surface area contributed by atoms with E-state index in [0.29, 0.717) is 11.5 Å². The van der Waals surface area contributed by atoms with Crippen molar-refractivity contribution >= 4 is 23.4 Å². The number of urea groups is 1. The predicted octanol–water partition coefficient (Wildman–Crippen LogP) is 2.06. The second kappa shape index (κ2) is 5.48. The molecule has 1 aliphatic heterocycles. The number of likely N-dealkylation sites (tertiary alicyclic amines) is 1. The fraction of sp³-hybridized carbons (Fsp3) is 0.500. The van der Waals surface area contributed by atoms with Crippen molar-refractivity contribution in [3.8, 4) is 0 Å². The van der Waals surface area contributed by atoms with E-state index in [0.717, 1.165) is 38.8 Å². The van der Waals surface area contributed by atoms with Crippen molar-refractivity contribution in [2.24, 2.45) is 5.92 Å². The molecular weight excluding hydrogens is 256 g/mol. The van der Waals surface area contributed by atoms with Crippen molar-refractivity contribution in [3.63, 3.8) is 0 Å². The zero-order chi connectivity index (χ0) is 13.9. The molecule has 1 aliphatic carbocycles. The van der Waals surface area contributed by atoms with Gasteiger partial charge in [-0.15, -0.1) is 0 Å². The number of hydrogen-bond donors (Lipinski definition) is 2. The minimum absolute atomic E-state index is 0.0337. The van der Waals surface area contributed by atoms with Crippen LogP contribution in [-0.4, -0.2) is 34.9 Å². The van der Waals surface area contributed by atoms with E-state index >= 15 is 0 Å². The minimum Gasteiger partial charge on any atom is -0.325 e. The third-order valence-electron chi connectivity index (χ3n) is 3.61. The van der Waals surface area contributed by atoms with Crippen LogP contribution in [0, 0.1) is 5.92 Å². The van der Waals surface area contributed by atoms with Gasteiger partial charge in [0.1, 0.15) is 5.82 Å². The molecule has 0 aromatic carbocycles. The Kier molecular flexibility index (Phi) is 3.54. The molecule has 106 valence electrons. The molecule has 0 radical (unpaired) electrons. The number of nitrogens with zero attached hydrogens (tertiary/aromatic N) is 2. The number of pyridine rings is 1. The van der Waals surface area contributed by atoms with E-state index < -0.39 is 0 Å². The summed E-state index contributed by atoms with van der Waals surface area (Å²) in [6.45, 7) is 1.63. The normalized spacial score (nSPS) is 17.9. The number of hydrogen-bond acceptors (Lipinski definition) is 3. The highest BCUT2D eigenvalue weighted by molar-refractivity contribution is 5.93. The number of anilines is 2. The summed E-state index contributed by atoms with van der Waals surface area (Å²) in [6, 6.07) is 3.38. The summed E-state index contributed by atoms with van der Waals surface area (Å²) in [5.74, 6) is 0.721. The van der Waals surface area contributed by atoms with E-state index in [1.165, 1.54) is 0 Å². The summed E-state index contributed by atoms with van der Waals surface area (Å²) in [6.07, 6.45) is 5.64. The average molecular weight is 274 g/mol. The Bertz CT molecular complexity index is 504. The molecule has 2 aliphatic rings. The molecule has 2 heterocycles. The smallest absolute Gasteiger partial charge is 0.321 e. The fourth-order valence-corrected chi connectivity index (χ4v) is 2.24. The van der Waals surface area contributed by atoms with Crippen LogP contribution in [0.15, 0.2) is 18.3 Å². The van der Waals surface area contributed by atoms with Crippen LogP contribution < -0.4 is 10.6 Å². The molecule has 20 heavy (non-hydrogen) atoms. The molecular formula is C14H18N4O2. The summed E-state index contributed by atoms with van der Waals surface area (Å²) >= 11 is 0. The molecule has 3 amide bonds. The van der Waals surface area contributed by atoms with Crippen LogP contribution in [-0.2, 0) is 4.79 Å². The Morgan fingerprint density at radius 3 is 2.50 bits per heavy atom. The van der Waals surface area contributed by atoms with E-state index in [-0.39, 0.29) is 17.9 Å². The molecule has 0 spiro atoms. The Morgan fingerprint density at radius 1 is 1.15 bits per heavy atom. The average Bonchev–Trinajstić information content (AvgIpc) is 3.16. The lowest BCUT2D eigenvalue weighted by molar-refractivity contribution is -0.117. The lowest BCUT2D eigenvalue weighted by Crippen LogP contribution is -2.32. The van der Waals surface area contributed by atoms with Crippen molar-refractivity contribution in [1.29, 1.82) is 0 Å². The summed E-state index contributed by atoms with van der Waals surface area (Å²) in [5, 5.41) is 5.58. The van der Waals surface area contributed by atoms with Crippen LogP contribution in [0.3, 0.4) is 0 Å². The summed E-state index contributed by atoms with van der Waals surface area (Å²) in [5.41, 5.74) is 0.645. The highest BCUT2D eigenvalue weighted by Crippen LogP contribution is 2.29. The number of nitrogens with one attached hydrogen (secondary N) is 2. The third kappa shape index (κ3) is 3.07. The van der Waals surface area contributed by atoms with Crippen LogP contribution in [0.4, 0.5) is 16.3 Å². The minimum atomic E-state index is -0.0842. The van der Waals surface area contributed by atoms with Crippen molar-refractivity contribution in [1.82, 2.24) is 9.88 Å². The number of carbonyl (C=O) groups excluding carboxylic acids is 2. The van der Waals surface area contributed by atoms with Crippen LogP contribution in [0.25, 0.3) is 0 Å². The van der Waals surface area contributed by atoms with Crippen LogP contribution >= 0.6 is 0 Å². The maximum Gasteiger partial charge on any atom is 0.321 e. The largest absolute Gasteiger partial charge is 0.325 e. The zero-order valence-corrected chi connectivity index (χ0v) is 11.3. The second-order valence-corrected chi connectivity index (χ2v) is 5.32. The lowest BCUT2D eigenvalue weighted by atomic mass is 10.3. The first-order chi connectivity index (χ1) is 9.72. The first kappa shape index (κ1) is 12.9. The predicted molar refractivity (Wildman–Crippen MR) is 75.4 cm³/mol. The molecule has 1 saturated heterocycles. The van der Waals surface area contributed by atoms with E-state index in [4.69, 9.17) is 0 Å². The first-order valence-corrected chi connectivity index (χ1v) is 7.05. The van der Waals surface area contributed by atoms with Gasteiger partial charge in [-0.05, 0) is 37.8 Å². The molecule has 1 aromatic heterocycles. The fourth-order valence-electron chi connectivity index (χ4n) is 2.24. The molecule has 0 unspecified atom stereocenters. The van der Waals surface area contributed by atoms with Gasteiger partial charge in [-0.25, -0.2) is 9.78 Å². The van der Waals surface area contributed by atoms with E-state index in [1.807, 2.05) is 0 Å². The Labute approximate surface area is 117 Å². The number of rotatable bonds is 3. The highest BCUT2D eigenvalue weighted by atomic mass is 16.2. The van der Waals surface area contributed by atoms with Gasteiger partial charge >= 0.3 is 6.03 Å². The van der Waals surface area contributed by atoms with Crippen LogP contribution in [0.5, 0.6) is 0 Å². The van der Waals surface area contributed by atoms with Gasteiger partial charge in [0.25, 0.3) is 0 Å². The van der Waals surface area contributed by atoms with E-state index in [9.17, 15) is 9.59 Å². The Hall–Kier alpha value is -2.11. The van der Waals surface area contributed by atoms with Gasteiger partial charge in [0, 0.05) is 19.0 Å². The van der Waals surface area contributed by atoms with Gasteiger partial charge < -0.3 is 15.5 Å². The van der Waals surface area contributed by atoms with Crippen molar-refractivity contribution in [2.75, 3.05) is 23.7 Å². The molecule has 0 bridgehead atoms. The van der Waals surface area contributed by atoms with Gasteiger partial charge in [0.2, 0.25) is 5.91 Å². The lowest BCUT2D eigenvalue weighted by Gasteiger charge is -2.16. The Morgan fingerprint density at radius 2 is 1.90 bits per heavy atom. The number of carbonyl (C=O) groups is 2. The van der Waals surface area contributed by atoms with Crippen molar-refractivity contribution in [2.45, 2.75) is 25.7 Å². The SMILES string of the molecule is O=C(Nc1ccc(NC(=O)N2CCCC2)cn1)C1CC1. The molecule has 0 atom stereocenters. The summed E-state index contributed by atoms with van der Waals surface area (Å²) in [4.78, 5) is 29.4. The number of amides is 3. The van der Waals surface area contributed by atoms with Crippen molar-refractivity contribution < 1.29 is 9.59 Å². The molecule has 6 nitrogen and oxygen atoms in total. The topological polar surface area (TPSA) is 74.3 Å². The first-order valence-electron chi connectivity index (χ1n) is 7.05. The maximum atomic E-state index is 11.9. The van der Waals surface area contributed by atoms with Crippen LogP contribution in [0.1, 0.15) is 25.7 Å². The van der Waals surface area contributed by atoms with Crippen LogP contribution in [0.2, 0.25) is 0 Å². The molecule has 3 rings (SSSR count). The third-order valence-corrected chi connectivity index (χ3v) is 3.61. The van der Waals surface area contributed by atoms with E-state index in [2.05, 4.69) is 15.6 Å². The van der Waals surface area contributed by atoms with Gasteiger partial charge in [0.15, 0.2) is 0 Å². The van der Waals surface area contributed by atoms with Crippen molar-refractivity contribution in [3.05, 3.63) is 18.3 Å². The standard InChI is InChI=1S/C14H18N4O2/c19-13(10-3-4-10)17-12-6-5-11(9-15-12)16-14(20)18-7-1-2-8-18/h5-6,9-10H,1-4,7-8H2,(H,16,20)(H,15,17,19). The summed E-state index contributed by atoms with van der Waals surface area (Å²) < 4.78 is 0.